The Labute approximate surface area is 113 Å². The van der Waals surface area contributed by atoms with Crippen LogP contribution >= 0.6 is 15.9 Å². The van der Waals surface area contributed by atoms with Gasteiger partial charge in [-0.05, 0) is 46.1 Å². The molecule has 94 valence electrons. The number of benzene rings is 1. The third-order valence-corrected chi connectivity index (χ3v) is 3.65. The van der Waals surface area contributed by atoms with Crippen molar-refractivity contribution in [2.24, 2.45) is 0 Å². The number of aromatic nitrogens is 1. The third-order valence-electron chi connectivity index (χ3n) is 2.68. The zero-order valence-corrected chi connectivity index (χ0v) is 11.5. The Morgan fingerprint density at radius 3 is 2.67 bits per heavy atom. The van der Waals surface area contributed by atoms with Gasteiger partial charge in [-0.3, -0.25) is 0 Å². The molecule has 18 heavy (non-hydrogen) atoms. The van der Waals surface area contributed by atoms with Gasteiger partial charge in [0.1, 0.15) is 11.6 Å². The highest BCUT2D eigenvalue weighted by Crippen LogP contribution is 2.27. The molecule has 0 aliphatic rings. The molecule has 3 nitrogen and oxygen atoms in total. The molecule has 0 unspecified atom stereocenters. The monoisotopic (exact) mass is 309 g/mol. The summed E-state index contributed by atoms with van der Waals surface area (Å²) in [5.41, 5.74) is 8.34. The fraction of sp³-hybridized carbons (Fsp3) is 0.154. The number of hydrogen-bond donors (Lipinski definition) is 2. The summed E-state index contributed by atoms with van der Waals surface area (Å²) in [5, 5.41) is 3.18. The van der Waals surface area contributed by atoms with Gasteiger partial charge in [0.2, 0.25) is 0 Å². The van der Waals surface area contributed by atoms with Crippen LogP contribution in [0.4, 0.5) is 15.9 Å². The van der Waals surface area contributed by atoms with Crippen LogP contribution < -0.4 is 11.1 Å². The first-order valence-corrected chi connectivity index (χ1v) is 6.26. The molecule has 0 radical (unpaired) electrons. The van der Waals surface area contributed by atoms with Gasteiger partial charge in [0.15, 0.2) is 0 Å². The first kappa shape index (κ1) is 12.8. The van der Waals surface area contributed by atoms with Crippen LogP contribution in [0.1, 0.15) is 11.1 Å². The van der Waals surface area contributed by atoms with Crippen molar-refractivity contribution in [3.63, 3.8) is 0 Å². The van der Waals surface area contributed by atoms with Gasteiger partial charge in [-0.25, -0.2) is 9.37 Å². The first-order valence-electron chi connectivity index (χ1n) is 5.47. The molecule has 0 amide bonds. The fourth-order valence-corrected chi connectivity index (χ4v) is 1.97. The van der Waals surface area contributed by atoms with E-state index in [1.165, 1.54) is 12.1 Å². The van der Waals surface area contributed by atoms with Gasteiger partial charge < -0.3 is 11.1 Å². The molecule has 2 aromatic rings. The Morgan fingerprint density at radius 2 is 2.00 bits per heavy atom. The third kappa shape index (κ3) is 2.79. The van der Waals surface area contributed by atoms with Crippen LogP contribution in [-0.2, 0) is 6.54 Å². The van der Waals surface area contributed by atoms with Crippen LogP contribution in [-0.4, -0.2) is 4.98 Å². The quantitative estimate of drug-likeness (QED) is 0.912. The average Bonchev–Trinajstić information content (AvgIpc) is 2.37. The molecule has 0 bridgehead atoms. The SMILES string of the molecule is Cc1c(N)cnc(NCc2ccc(F)cc2)c1Br. The molecular weight excluding hydrogens is 297 g/mol. The molecule has 1 aromatic carbocycles. The Hall–Kier alpha value is -1.62. The Morgan fingerprint density at radius 1 is 1.33 bits per heavy atom. The van der Waals surface area contributed by atoms with E-state index in [2.05, 4.69) is 26.2 Å². The molecule has 0 saturated carbocycles. The van der Waals surface area contributed by atoms with E-state index in [1.54, 1.807) is 18.3 Å². The second-order valence-electron chi connectivity index (χ2n) is 3.98. The van der Waals surface area contributed by atoms with Gasteiger partial charge in [-0.2, -0.15) is 0 Å². The van der Waals surface area contributed by atoms with E-state index in [-0.39, 0.29) is 5.82 Å². The van der Waals surface area contributed by atoms with Crippen LogP contribution in [0.5, 0.6) is 0 Å². The van der Waals surface area contributed by atoms with Gasteiger partial charge in [0, 0.05) is 6.54 Å². The topological polar surface area (TPSA) is 50.9 Å². The zero-order chi connectivity index (χ0) is 13.1. The molecule has 0 aliphatic heterocycles. The Bertz CT molecular complexity index is 555. The smallest absolute Gasteiger partial charge is 0.140 e. The van der Waals surface area contributed by atoms with E-state index in [9.17, 15) is 4.39 Å². The second-order valence-corrected chi connectivity index (χ2v) is 4.77. The lowest BCUT2D eigenvalue weighted by molar-refractivity contribution is 0.627. The van der Waals surface area contributed by atoms with Crippen LogP contribution in [0.3, 0.4) is 0 Å². The van der Waals surface area contributed by atoms with E-state index in [0.717, 1.165) is 21.4 Å². The van der Waals surface area contributed by atoms with E-state index in [4.69, 9.17) is 5.73 Å². The van der Waals surface area contributed by atoms with Gasteiger partial charge in [-0.15, -0.1) is 0 Å². The number of nitrogens with two attached hydrogens (primary N) is 1. The minimum atomic E-state index is -0.235. The summed E-state index contributed by atoms with van der Waals surface area (Å²) in [6.07, 6.45) is 1.62. The predicted octanol–water partition coefficient (Wildman–Crippen LogP) is 3.49. The highest BCUT2D eigenvalue weighted by atomic mass is 79.9. The fourth-order valence-electron chi connectivity index (χ4n) is 1.50. The summed E-state index contributed by atoms with van der Waals surface area (Å²) in [7, 11) is 0. The van der Waals surface area contributed by atoms with Crippen molar-refractivity contribution in [2.45, 2.75) is 13.5 Å². The van der Waals surface area contributed by atoms with E-state index in [0.29, 0.717) is 12.2 Å². The lowest BCUT2D eigenvalue weighted by Crippen LogP contribution is -2.04. The average molecular weight is 310 g/mol. The summed E-state index contributed by atoms with van der Waals surface area (Å²) in [6, 6.07) is 6.35. The van der Waals surface area contributed by atoms with Crippen molar-refractivity contribution in [1.29, 1.82) is 0 Å². The second kappa shape index (κ2) is 5.35. The van der Waals surface area contributed by atoms with Crippen molar-refractivity contribution < 1.29 is 4.39 Å². The maximum atomic E-state index is 12.8. The van der Waals surface area contributed by atoms with Crippen molar-refractivity contribution >= 4 is 27.4 Å². The summed E-state index contributed by atoms with van der Waals surface area (Å²) in [6.45, 7) is 2.50. The molecule has 5 heteroatoms. The van der Waals surface area contributed by atoms with Crippen LogP contribution in [0, 0.1) is 12.7 Å². The molecule has 1 heterocycles. The number of halogens is 2. The lowest BCUT2D eigenvalue weighted by atomic mass is 10.2. The zero-order valence-electron chi connectivity index (χ0n) is 9.87. The van der Waals surface area contributed by atoms with Gasteiger partial charge in [-0.1, -0.05) is 12.1 Å². The van der Waals surface area contributed by atoms with E-state index < -0.39 is 0 Å². The number of pyridine rings is 1. The number of nitrogen functional groups attached to an aromatic ring is 1. The minimum absolute atomic E-state index is 0.235. The van der Waals surface area contributed by atoms with Gasteiger partial charge in [0.05, 0.1) is 16.4 Å². The van der Waals surface area contributed by atoms with Crippen LogP contribution in [0.2, 0.25) is 0 Å². The normalized spacial score (nSPS) is 10.4. The maximum absolute atomic E-state index is 12.8. The molecule has 1 aromatic heterocycles. The number of nitrogens with zero attached hydrogens (tertiary/aromatic N) is 1. The highest BCUT2D eigenvalue weighted by Gasteiger charge is 2.06. The molecule has 0 saturated heterocycles. The molecule has 0 atom stereocenters. The van der Waals surface area contributed by atoms with E-state index >= 15 is 0 Å². The van der Waals surface area contributed by atoms with Gasteiger partial charge >= 0.3 is 0 Å². The highest BCUT2D eigenvalue weighted by molar-refractivity contribution is 9.10. The minimum Gasteiger partial charge on any atom is -0.397 e. The first-order chi connectivity index (χ1) is 8.58. The molecular formula is C13H13BrFN3. The summed E-state index contributed by atoms with van der Waals surface area (Å²) in [4.78, 5) is 4.21. The van der Waals surface area contributed by atoms with Crippen molar-refractivity contribution in [3.05, 3.63) is 51.9 Å². The van der Waals surface area contributed by atoms with Crippen molar-refractivity contribution in [1.82, 2.24) is 4.98 Å². The Kier molecular flexibility index (Phi) is 3.81. The summed E-state index contributed by atoms with van der Waals surface area (Å²) in [5.74, 6) is 0.493. The van der Waals surface area contributed by atoms with Crippen LogP contribution in [0.25, 0.3) is 0 Å². The number of anilines is 2. The van der Waals surface area contributed by atoms with Crippen molar-refractivity contribution in [2.75, 3.05) is 11.1 Å². The summed E-state index contributed by atoms with van der Waals surface area (Å²) >= 11 is 3.45. The Balaban J connectivity index is 2.11. The number of rotatable bonds is 3. The van der Waals surface area contributed by atoms with Crippen molar-refractivity contribution in [3.8, 4) is 0 Å². The standard InChI is InChI=1S/C13H13BrFN3/c1-8-11(16)7-18-13(12(8)14)17-6-9-2-4-10(15)5-3-9/h2-5,7H,6,16H2,1H3,(H,17,18). The molecule has 2 rings (SSSR count). The summed E-state index contributed by atoms with van der Waals surface area (Å²) < 4.78 is 13.6. The predicted molar refractivity (Wildman–Crippen MR) is 74.8 cm³/mol. The number of hydrogen-bond acceptors (Lipinski definition) is 3. The molecule has 0 aliphatic carbocycles. The number of nitrogens with one attached hydrogen (secondary N) is 1. The molecule has 0 spiro atoms. The molecule has 0 fully saturated rings. The molecule has 3 N–H and O–H groups in total. The lowest BCUT2D eigenvalue weighted by Gasteiger charge is -2.10. The maximum Gasteiger partial charge on any atom is 0.140 e. The van der Waals surface area contributed by atoms with Gasteiger partial charge in [0.25, 0.3) is 0 Å². The largest absolute Gasteiger partial charge is 0.397 e. The van der Waals surface area contributed by atoms with Crippen LogP contribution in [0.15, 0.2) is 34.9 Å². The van der Waals surface area contributed by atoms with E-state index in [1.807, 2.05) is 6.92 Å².